The molecule has 4 aromatic heterocycles. The Morgan fingerprint density at radius 2 is 1.86 bits per heavy atom. The number of carbonyl (C=O) groups excluding carboxylic acids is 1. The third kappa shape index (κ3) is 4.17. The minimum atomic E-state index is -0.348. The molecule has 0 spiro atoms. The van der Waals surface area contributed by atoms with Gasteiger partial charge in [-0.3, -0.25) is 14.2 Å². The molecule has 178 valence electrons. The summed E-state index contributed by atoms with van der Waals surface area (Å²) in [6, 6.07) is 8.87. The monoisotopic (exact) mass is 508 g/mol. The van der Waals surface area contributed by atoms with E-state index in [4.69, 9.17) is 23.2 Å². The summed E-state index contributed by atoms with van der Waals surface area (Å²) >= 11 is 12.3. The lowest BCUT2D eigenvalue weighted by molar-refractivity contribution is 0.102. The Labute approximate surface area is 211 Å². The molecule has 5 aromatic rings. The molecule has 0 aliphatic carbocycles. The Balaban J connectivity index is 1.44. The van der Waals surface area contributed by atoms with Crippen molar-refractivity contribution in [2.45, 2.75) is 27.3 Å². The Morgan fingerprint density at radius 3 is 2.57 bits per heavy atom. The van der Waals surface area contributed by atoms with Gasteiger partial charge in [0.05, 0.1) is 35.5 Å². The van der Waals surface area contributed by atoms with Crippen molar-refractivity contribution in [2.75, 3.05) is 5.32 Å². The number of halogens is 2. The van der Waals surface area contributed by atoms with E-state index in [2.05, 4.69) is 25.6 Å². The maximum absolute atomic E-state index is 13.2. The molecule has 1 amide bonds. The highest BCUT2D eigenvalue weighted by Crippen LogP contribution is 2.26. The highest BCUT2D eigenvalue weighted by molar-refractivity contribution is 6.35. The Kier molecular flexibility index (Phi) is 5.82. The number of benzene rings is 1. The zero-order valence-corrected chi connectivity index (χ0v) is 21.1. The van der Waals surface area contributed by atoms with Gasteiger partial charge in [-0.2, -0.15) is 15.3 Å². The van der Waals surface area contributed by atoms with E-state index >= 15 is 0 Å². The molecule has 0 saturated carbocycles. The number of anilines is 1. The van der Waals surface area contributed by atoms with Gasteiger partial charge in [0.25, 0.3) is 5.91 Å². The van der Waals surface area contributed by atoms with Crippen LogP contribution in [0.15, 0.2) is 42.7 Å². The molecule has 9 nitrogen and oxygen atoms in total. The molecule has 0 aliphatic heterocycles. The fraction of sp³-hybridized carbons (Fsp3) is 0.208. The number of amides is 1. The van der Waals surface area contributed by atoms with Crippen LogP contribution in [0.1, 0.15) is 33.1 Å². The molecule has 4 heterocycles. The molecule has 0 bridgehead atoms. The minimum absolute atomic E-state index is 0.249. The molecule has 0 saturated heterocycles. The van der Waals surface area contributed by atoms with Crippen molar-refractivity contribution in [1.29, 1.82) is 0 Å². The van der Waals surface area contributed by atoms with Crippen LogP contribution in [0.5, 0.6) is 0 Å². The van der Waals surface area contributed by atoms with E-state index in [1.54, 1.807) is 44.5 Å². The van der Waals surface area contributed by atoms with Crippen molar-refractivity contribution < 1.29 is 4.79 Å². The van der Waals surface area contributed by atoms with Crippen LogP contribution in [0.25, 0.3) is 16.9 Å². The van der Waals surface area contributed by atoms with Gasteiger partial charge in [0.15, 0.2) is 11.3 Å². The first-order valence-electron chi connectivity index (χ1n) is 10.9. The van der Waals surface area contributed by atoms with Crippen LogP contribution >= 0.6 is 23.2 Å². The molecule has 0 unspecified atom stereocenters. The van der Waals surface area contributed by atoms with Gasteiger partial charge < -0.3 is 5.32 Å². The van der Waals surface area contributed by atoms with Crippen LogP contribution in [0, 0.1) is 20.8 Å². The van der Waals surface area contributed by atoms with E-state index in [-0.39, 0.29) is 11.6 Å². The number of hydrogen-bond donors (Lipinski definition) is 1. The summed E-state index contributed by atoms with van der Waals surface area (Å²) in [7, 11) is 1.88. The summed E-state index contributed by atoms with van der Waals surface area (Å²) in [6.07, 6.45) is 3.47. The number of nitrogens with one attached hydrogen (secondary N) is 1. The lowest BCUT2D eigenvalue weighted by atomic mass is 10.2. The predicted octanol–water partition coefficient (Wildman–Crippen LogP) is 4.86. The number of nitrogens with zero attached hydrogens (tertiary/aromatic N) is 7. The van der Waals surface area contributed by atoms with Crippen molar-refractivity contribution in [1.82, 2.24) is 34.2 Å². The average Bonchev–Trinajstić information content (AvgIpc) is 3.48. The van der Waals surface area contributed by atoms with Crippen LogP contribution in [0.3, 0.4) is 0 Å². The zero-order valence-electron chi connectivity index (χ0n) is 19.5. The fourth-order valence-corrected chi connectivity index (χ4v) is 4.45. The van der Waals surface area contributed by atoms with Crippen molar-refractivity contribution in [3.63, 3.8) is 0 Å². The molecule has 35 heavy (non-hydrogen) atoms. The molecular formula is C24H22Cl2N8O. The molecule has 5 rings (SSSR count). The highest BCUT2D eigenvalue weighted by Gasteiger charge is 2.20. The summed E-state index contributed by atoms with van der Waals surface area (Å²) in [5, 5.41) is 17.5. The fourth-order valence-electron chi connectivity index (χ4n) is 3.98. The van der Waals surface area contributed by atoms with Crippen molar-refractivity contribution in [3.8, 4) is 11.3 Å². The number of rotatable bonds is 5. The summed E-state index contributed by atoms with van der Waals surface area (Å²) in [4.78, 5) is 17.5. The van der Waals surface area contributed by atoms with Gasteiger partial charge in [-0.25, -0.2) is 9.50 Å². The smallest absolute Gasteiger partial charge is 0.276 e. The third-order valence-corrected chi connectivity index (χ3v) is 6.64. The first kappa shape index (κ1) is 23.1. The van der Waals surface area contributed by atoms with Crippen molar-refractivity contribution in [2.24, 2.45) is 7.05 Å². The Hall–Kier alpha value is -3.69. The van der Waals surface area contributed by atoms with Crippen LogP contribution < -0.4 is 5.32 Å². The van der Waals surface area contributed by atoms with E-state index in [1.165, 1.54) is 0 Å². The second-order valence-corrected chi connectivity index (χ2v) is 9.13. The van der Waals surface area contributed by atoms with Crippen molar-refractivity contribution >= 4 is 40.4 Å². The second-order valence-electron chi connectivity index (χ2n) is 8.29. The maximum atomic E-state index is 13.2. The van der Waals surface area contributed by atoms with Gasteiger partial charge in [-0.1, -0.05) is 29.3 Å². The van der Waals surface area contributed by atoms with Crippen LogP contribution in [-0.2, 0) is 13.6 Å². The van der Waals surface area contributed by atoms with E-state index in [9.17, 15) is 4.79 Å². The molecular weight excluding hydrogens is 487 g/mol. The number of hydrogen-bond acceptors (Lipinski definition) is 5. The molecule has 1 aromatic carbocycles. The number of aromatic nitrogens is 7. The molecule has 1 N–H and O–H groups in total. The molecule has 0 aliphatic rings. The van der Waals surface area contributed by atoms with Gasteiger partial charge in [-0.05, 0) is 44.5 Å². The van der Waals surface area contributed by atoms with E-state index < -0.39 is 0 Å². The number of fused-ring (bicyclic) bond motifs is 1. The van der Waals surface area contributed by atoms with E-state index in [0.717, 1.165) is 28.2 Å². The lowest BCUT2D eigenvalue weighted by Gasteiger charge is -2.08. The Bertz CT molecular complexity index is 1600. The molecule has 11 heteroatoms. The number of carbonyl (C=O) groups is 1. The summed E-state index contributed by atoms with van der Waals surface area (Å²) in [6.45, 7) is 6.17. The SMILES string of the molecule is Cc1nn(Cc2ccc(Cl)cc2Cl)c(C)c1NC(=O)c1cc2nccc(-c3cnn(C)c3C)n2n1. The number of aryl methyl sites for hydroxylation is 2. The van der Waals surface area contributed by atoms with Gasteiger partial charge in [0, 0.05) is 40.6 Å². The standard InChI is InChI=1S/C24H22Cl2N8O/c1-13-23(15(3)33(30-13)12-16-5-6-17(25)9-19(16)26)29-24(35)20-10-22-27-8-7-21(34(22)31-20)18-11-28-32(4)14(18)2/h5-11H,12H2,1-4H3,(H,29,35). The highest BCUT2D eigenvalue weighted by atomic mass is 35.5. The lowest BCUT2D eigenvalue weighted by Crippen LogP contribution is -2.14. The maximum Gasteiger partial charge on any atom is 0.276 e. The topological polar surface area (TPSA) is 94.9 Å². The quantitative estimate of drug-likeness (QED) is 0.365. The van der Waals surface area contributed by atoms with E-state index in [1.807, 2.05) is 40.0 Å². The normalized spacial score (nSPS) is 11.4. The first-order valence-corrected chi connectivity index (χ1v) is 11.6. The van der Waals surface area contributed by atoms with Crippen LogP contribution in [0.4, 0.5) is 5.69 Å². The Morgan fingerprint density at radius 1 is 1.06 bits per heavy atom. The largest absolute Gasteiger partial charge is 0.317 e. The van der Waals surface area contributed by atoms with Gasteiger partial charge in [-0.15, -0.1) is 0 Å². The summed E-state index contributed by atoms with van der Waals surface area (Å²) in [5.41, 5.74) is 6.53. The second kappa shape index (κ2) is 8.83. The van der Waals surface area contributed by atoms with Crippen LogP contribution in [-0.4, -0.2) is 40.1 Å². The van der Waals surface area contributed by atoms with Crippen LogP contribution in [0.2, 0.25) is 10.0 Å². The summed E-state index contributed by atoms with van der Waals surface area (Å²) in [5.74, 6) is -0.348. The molecule has 0 radical (unpaired) electrons. The first-order chi connectivity index (χ1) is 16.7. The van der Waals surface area contributed by atoms with Crippen molar-refractivity contribution in [3.05, 3.63) is 81.1 Å². The van der Waals surface area contributed by atoms with Gasteiger partial charge in [0.1, 0.15) is 0 Å². The van der Waals surface area contributed by atoms with E-state index in [0.29, 0.717) is 33.6 Å². The average molecular weight is 509 g/mol. The zero-order chi connectivity index (χ0) is 24.9. The molecule has 0 fully saturated rings. The van der Waals surface area contributed by atoms with Gasteiger partial charge in [0.2, 0.25) is 0 Å². The summed E-state index contributed by atoms with van der Waals surface area (Å²) < 4.78 is 5.25. The predicted molar refractivity (Wildman–Crippen MR) is 135 cm³/mol. The third-order valence-electron chi connectivity index (χ3n) is 6.06. The minimum Gasteiger partial charge on any atom is -0.317 e. The van der Waals surface area contributed by atoms with Gasteiger partial charge >= 0.3 is 0 Å². The molecule has 0 atom stereocenters.